The summed E-state index contributed by atoms with van der Waals surface area (Å²) >= 11 is 0. The van der Waals surface area contributed by atoms with Gasteiger partial charge >= 0.3 is 0 Å². The van der Waals surface area contributed by atoms with Crippen molar-refractivity contribution in [3.63, 3.8) is 0 Å². The largest absolute Gasteiger partial charge is 0.493 e. The van der Waals surface area contributed by atoms with E-state index in [4.69, 9.17) is 9.26 Å². The van der Waals surface area contributed by atoms with Crippen molar-refractivity contribution in [2.24, 2.45) is 5.92 Å². The number of hydrogen-bond acceptors (Lipinski definition) is 4. The molecule has 1 aliphatic carbocycles. The van der Waals surface area contributed by atoms with Gasteiger partial charge in [0.1, 0.15) is 17.2 Å². The number of ether oxygens (including phenoxy) is 1. The number of aryl methyl sites for hydroxylation is 1. The fourth-order valence-electron chi connectivity index (χ4n) is 3.89. The monoisotopic (exact) mass is 340 g/mol. The summed E-state index contributed by atoms with van der Waals surface area (Å²) in [5.41, 5.74) is 3.27. The van der Waals surface area contributed by atoms with E-state index in [9.17, 15) is 4.79 Å². The molecule has 1 aromatic carbocycles. The highest BCUT2D eigenvalue weighted by Gasteiger charge is 2.28. The zero-order valence-electron chi connectivity index (χ0n) is 14.7. The van der Waals surface area contributed by atoms with E-state index < -0.39 is 0 Å². The van der Waals surface area contributed by atoms with Crippen LogP contribution in [-0.4, -0.2) is 29.6 Å². The van der Waals surface area contributed by atoms with Crippen LogP contribution in [0, 0.1) is 5.92 Å². The Morgan fingerprint density at radius 2 is 2.12 bits per heavy atom. The van der Waals surface area contributed by atoms with Gasteiger partial charge in [-0.1, -0.05) is 23.4 Å². The van der Waals surface area contributed by atoms with E-state index in [1.54, 1.807) is 4.90 Å². The molecule has 1 atom stereocenters. The van der Waals surface area contributed by atoms with Crippen LogP contribution in [0.25, 0.3) is 0 Å². The maximum atomic E-state index is 13.0. The fourth-order valence-corrected chi connectivity index (χ4v) is 3.89. The Hall–Kier alpha value is -2.30. The van der Waals surface area contributed by atoms with Gasteiger partial charge in [0.25, 0.3) is 0 Å². The molecule has 0 fully saturated rings. The number of aromatic nitrogens is 1. The molecule has 5 heteroatoms. The molecule has 0 saturated heterocycles. The second kappa shape index (κ2) is 6.90. The minimum absolute atomic E-state index is 0.0450. The zero-order chi connectivity index (χ0) is 17.2. The summed E-state index contributed by atoms with van der Waals surface area (Å²) in [5.74, 6) is 2.04. The third-order valence-corrected chi connectivity index (χ3v) is 5.31. The van der Waals surface area contributed by atoms with Crippen LogP contribution in [0.4, 0.5) is 0 Å². The van der Waals surface area contributed by atoms with Gasteiger partial charge in [0, 0.05) is 24.9 Å². The molecular formula is C20H24N2O3. The molecular weight excluding hydrogens is 316 g/mol. The lowest BCUT2D eigenvalue weighted by Crippen LogP contribution is -2.34. The molecule has 2 aromatic rings. The lowest BCUT2D eigenvalue weighted by atomic mass is 9.94. The van der Waals surface area contributed by atoms with Crippen LogP contribution in [0.5, 0.6) is 5.75 Å². The van der Waals surface area contributed by atoms with Crippen LogP contribution < -0.4 is 4.74 Å². The second-order valence-electron chi connectivity index (χ2n) is 7.08. The van der Waals surface area contributed by atoms with Crippen molar-refractivity contribution in [3.8, 4) is 5.75 Å². The number of nitrogens with zero attached hydrogens (tertiary/aromatic N) is 2. The van der Waals surface area contributed by atoms with Crippen LogP contribution in [0.3, 0.4) is 0 Å². The fraction of sp³-hybridized carbons (Fsp3) is 0.500. The van der Waals surface area contributed by atoms with Crippen molar-refractivity contribution in [1.82, 2.24) is 10.1 Å². The van der Waals surface area contributed by atoms with E-state index in [0.29, 0.717) is 13.2 Å². The van der Waals surface area contributed by atoms with Crippen molar-refractivity contribution in [3.05, 3.63) is 46.8 Å². The summed E-state index contributed by atoms with van der Waals surface area (Å²) in [6.45, 7) is 1.11. The molecule has 1 aromatic heterocycles. The van der Waals surface area contributed by atoms with Gasteiger partial charge in [0.2, 0.25) is 5.91 Å². The lowest BCUT2D eigenvalue weighted by Gasteiger charge is -2.22. The molecule has 0 N–H and O–H groups in total. The Balaban J connectivity index is 1.46. The standard InChI is InChI=1S/C20H24N2O3/c1-22(13-17-16-7-3-5-9-19(16)25-21-17)20(23)15-10-11-24-18-8-4-2-6-14(18)12-15/h2,4,6,8,15H,3,5,7,9-13H2,1H3/t15-/m1/s1. The third-order valence-electron chi connectivity index (χ3n) is 5.31. The molecule has 132 valence electrons. The maximum absolute atomic E-state index is 13.0. The van der Waals surface area contributed by atoms with E-state index in [1.165, 1.54) is 12.0 Å². The number of benzene rings is 1. The smallest absolute Gasteiger partial charge is 0.226 e. The first kappa shape index (κ1) is 16.2. The topological polar surface area (TPSA) is 55.6 Å². The molecule has 0 spiro atoms. The van der Waals surface area contributed by atoms with Gasteiger partial charge in [-0.05, 0) is 43.7 Å². The number of carbonyl (C=O) groups excluding carboxylic acids is 1. The highest BCUT2D eigenvalue weighted by atomic mass is 16.5. The Kier molecular flexibility index (Phi) is 4.47. The number of amides is 1. The molecule has 5 nitrogen and oxygen atoms in total. The average molecular weight is 340 g/mol. The first-order valence-electron chi connectivity index (χ1n) is 9.14. The summed E-state index contributed by atoms with van der Waals surface area (Å²) in [7, 11) is 1.86. The van der Waals surface area contributed by atoms with Gasteiger partial charge in [-0.3, -0.25) is 4.79 Å². The summed E-state index contributed by atoms with van der Waals surface area (Å²) < 4.78 is 11.3. The molecule has 1 amide bonds. The Morgan fingerprint density at radius 1 is 1.28 bits per heavy atom. The maximum Gasteiger partial charge on any atom is 0.226 e. The van der Waals surface area contributed by atoms with Gasteiger partial charge in [-0.15, -0.1) is 0 Å². The van der Waals surface area contributed by atoms with Crippen molar-refractivity contribution in [1.29, 1.82) is 0 Å². The Bertz CT molecular complexity index is 768. The number of rotatable bonds is 3. The van der Waals surface area contributed by atoms with Gasteiger partial charge in [-0.25, -0.2) is 0 Å². The summed E-state index contributed by atoms with van der Waals surface area (Å²) in [6, 6.07) is 8.00. The quantitative estimate of drug-likeness (QED) is 0.861. The van der Waals surface area contributed by atoms with Crippen molar-refractivity contribution in [2.45, 2.75) is 45.1 Å². The molecule has 25 heavy (non-hydrogen) atoms. The zero-order valence-corrected chi connectivity index (χ0v) is 14.7. The number of carbonyl (C=O) groups is 1. The summed E-state index contributed by atoms with van der Waals surface area (Å²) in [6.07, 6.45) is 5.80. The van der Waals surface area contributed by atoms with E-state index in [2.05, 4.69) is 11.2 Å². The molecule has 2 aliphatic rings. The van der Waals surface area contributed by atoms with E-state index >= 15 is 0 Å². The Labute approximate surface area is 147 Å². The molecule has 0 bridgehead atoms. The highest BCUT2D eigenvalue weighted by Crippen LogP contribution is 2.29. The van der Waals surface area contributed by atoms with Crippen molar-refractivity contribution < 1.29 is 14.1 Å². The second-order valence-corrected chi connectivity index (χ2v) is 7.08. The average Bonchev–Trinajstić information content (AvgIpc) is 2.91. The molecule has 2 heterocycles. The summed E-state index contributed by atoms with van der Waals surface area (Å²) in [4.78, 5) is 14.8. The van der Waals surface area contributed by atoms with Crippen molar-refractivity contribution >= 4 is 5.91 Å². The molecule has 4 rings (SSSR count). The van der Waals surface area contributed by atoms with Gasteiger partial charge in [0.05, 0.1) is 13.2 Å². The van der Waals surface area contributed by atoms with Crippen LogP contribution in [0.1, 0.15) is 41.8 Å². The van der Waals surface area contributed by atoms with E-state index in [0.717, 1.165) is 54.9 Å². The molecule has 0 saturated carbocycles. The van der Waals surface area contributed by atoms with E-state index in [-0.39, 0.29) is 11.8 Å². The Morgan fingerprint density at radius 3 is 3.04 bits per heavy atom. The van der Waals surface area contributed by atoms with Crippen LogP contribution >= 0.6 is 0 Å². The number of hydrogen-bond donors (Lipinski definition) is 0. The van der Waals surface area contributed by atoms with Crippen LogP contribution in [0.15, 0.2) is 28.8 Å². The van der Waals surface area contributed by atoms with Gasteiger partial charge in [-0.2, -0.15) is 0 Å². The normalized spacial score (nSPS) is 19.3. The van der Waals surface area contributed by atoms with Crippen LogP contribution in [0.2, 0.25) is 0 Å². The first-order valence-corrected chi connectivity index (χ1v) is 9.14. The minimum atomic E-state index is -0.0450. The third kappa shape index (κ3) is 3.28. The van der Waals surface area contributed by atoms with Crippen LogP contribution in [-0.2, 0) is 30.6 Å². The highest BCUT2D eigenvalue weighted by molar-refractivity contribution is 5.79. The molecule has 0 unspecified atom stereocenters. The number of para-hydroxylation sites is 1. The predicted octanol–water partition coefficient (Wildman–Crippen LogP) is 3.15. The number of fused-ring (bicyclic) bond motifs is 2. The van der Waals surface area contributed by atoms with Gasteiger partial charge < -0.3 is 14.2 Å². The summed E-state index contributed by atoms with van der Waals surface area (Å²) in [5, 5.41) is 4.23. The van der Waals surface area contributed by atoms with Crippen molar-refractivity contribution in [2.75, 3.05) is 13.7 Å². The lowest BCUT2D eigenvalue weighted by molar-refractivity contribution is -0.135. The minimum Gasteiger partial charge on any atom is -0.493 e. The molecule has 1 aliphatic heterocycles. The SMILES string of the molecule is CN(Cc1noc2c1CCCC2)C(=O)[C@@H]1CCOc2ccccc2C1. The first-order chi connectivity index (χ1) is 12.2. The van der Waals surface area contributed by atoms with Gasteiger partial charge in [0.15, 0.2) is 0 Å². The molecule has 0 radical (unpaired) electrons. The van der Waals surface area contributed by atoms with E-state index in [1.807, 2.05) is 25.2 Å². The predicted molar refractivity (Wildman–Crippen MR) is 93.4 cm³/mol.